The lowest BCUT2D eigenvalue weighted by Crippen LogP contribution is -2.54. The van der Waals surface area contributed by atoms with E-state index in [9.17, 15) is 28.8 Å². The van der Waals surface area contributed by atoms with Crippen LogP contribution in [0.1, 0.15) is 127 Å². The predicted octanol–water partition coefficient (Wildman–Crippen LogP) is 5.50. The summed E-state index contributed by atoms with van der Waals surface area (Å²) in [5.41, 5.74) is 2.57. The second-order valence-corrected chi connectivity index (χ2v) is 16.6. The van der Waals surface area contributed by atoms with Crippen LogP contribution in [-0.4, -0.2) is 104 Å². The van der Waals surface area contributed by atoms with E-state index in [2.05, 4.69) is 36.5 Å². The van der Waals surface area contributed by atoms with E-state index >= 15 is 0 Å². The number of hydrogen-bond donors (Lipinski definition) is 2. The number of anilines is 3. The van der Waals surface area contributed by atoms with Gasteiger partial charge in [-0.05, 0) is 82.3 Å². The molecule has 4 aromatic rings. The molecule has 4 amide bonds. The number of nitrogens with one attached hydrogen (secondary N) is 2. The van der Waals surface area contributed by atoms with Crippen molar-refractivity contribution in [2.45, 2.75) is 103 Å². The van der Waals surface area contributed by atoms with Crippen LogP contribution in [-0.2, 0) is 9.59 Å². The average Bonchev–Trinajstić information content (AvgIpc) is 3.87. The maximum Gasteiger partial charge on any atom is 0.266 e. The largest absolute Gasteiger partial charge is 0.493 e. The third kappa shape index (κ3) is 8.76. The molecule has 8 rings (SSSR count). The van der Waals surface area contributed by atoms with Crippen molar-refractivity contribution in [3.63, 3.8) is 0 Å². The normalized spacial score (nSPS) is 18.6. The van der Waals surface area contributed by atoms with Crippen LogP contribution in [0, 0.1) is 6.92 Å². The Kier molecular flexibility index (Phi) is 12.5. The summed E-state index contributed by atoms with van der Waals surface area (Å²) in [5.74, 6) is -1.07. The van der Waals surface area contributed by atoms with Crippen molar-refractivity contribution < 1.29 is 28.7 Å². The predicted molar refractivity (Wildman–Crippen MR) is 229 cm³/mol. The minimum absolute atomic E-state index is 0.0123. The van der Waals surface area contributed by atoms with Gasteiger partial charge in [-0.15, -0.1) is 0 Å². The summed E-state index contributed by atoms with van der Waals surface area (Å²) in [5, 5.41) is 6.15. The molecule has 6 heterocycles. The molecule has 320 valence electrons. The van der Waals surface area contributed by atoms with Crippen molar-refractivity contribution >= 4 is 57.9 Å². The molecular formula is C45H53N9O7. The summed E-state index contributed by atoms with van der Waals surface area (Å²) >= 11 is 0. The number of aromatic nitrogens is 4. The molecule has 3 aliphatic heterocycles. The second-order valence-electron chi connectivity index (χ2n) is 16.6. The Bertz CT molecular complexity index is 2400. The number of pyridine rings is 2. The van der Waals surface area contributed by atoms with Crippen molar-refractivity contribution in [1.82, 2.24) is 34.6 Å². The van der Waals surface area contributed by atoms with Gasteiger partial charge in [-0.1, -0.05) is 44.6 Å². The van der Waals surface area contributed by atoms with Crippen molar-refractivity contribution in [1.29, 1.82) is 0 Å². The first-order chi connectivity index (χ1) is 29.6. The number of Topliss-reactive ketones (excluding diaryl/α,β-unsaturated/α-hetero) is 1. The average molecular weight is 832 g/mol. The van der Waals surface area contributed by atoms with Gasteiger partial charge in [0.2, 0.25) is 17.8 Å². The molecule has 1 unspecified atom stereocenters. The molecular weight excluding hydrogens is 779 g/mol. The van der Waals surface area contributed by atoms with Crippen LogP contribution in [0.5, 0.6) is 5.75 Å². The Morgan fingerprint density at radius 3 is 2.34 bits per heavy atom. The number of piperidine rings is 1. The van der Waals surface area contributed by atoms with Gasteiger partial charge in [0.05, 0.1) is 35.2 Å². The fourth-order valence-electron chi connectivity index (χ4n) is 9.23. The standard InChI is InChI=1S/C45H53N9O7/c1-28-33-27-47-45(50-40(33)53(30-12-7-8-13-30)43(59)38(28)29(2)55)48-36-18-16-31(26-46-36)52-23-21-51(22-24-52)20-9-5-3-4-6-10-25-61-35-15-11-14-32-39(35)44(60)54(42(32)58)34-17-19-37(56)49-41(34)57/h11,14-16,18,26-27,30,34H,3-10,12-13,17,19-25H2,1-2H3,(H,49,56,57)(H,46,47,48,50). The number of amides is 4. The first-order valence-corrected chi connectivity index (χ1v) is 21.7. The minimum atomic E-state index is -1.00. The van der Waals surface area contributed by atoms with Gasteiger partial charge in [-0.2, -0.15) is 4.98 Å². The maximum atomic E-state index is 13.6. The molecule has 0 radical (unpaired) electrons. The molecule has 3 aromatic heterocycles. The molecule has 1 aliphatic carbocycles. The van der Waals surface area contributed by atoms with E-state index in [-0.39, 0.29) is 46.9 Å². The van der Waals surface area contributed by atoms with E-state index in [1.54, 1.807) is 35.9 Å². The molecule has 0 spiro atoms. The maximum absolute atomic E-state index is 13.6. The molecule has 1 aromatic carbocycles. The zero-order valence-corrected chi connectivity index (χ0v) is 34.9. The number of carbonyl (C=O) groups is 5. The summed E-state index contributed by atoms with van der Waals surface area (Å²) in [4.78, 5) is 96.1. The van der Waals surface area contributed by atoms with Crippen LogP contribution in [0.15, 0.2) is 47.5 Å². The lowest BCUT2D eigenvalue weighted by molar-refractivity contribution is -0.136. The molecule has 2 saturated heterocycles. The molecule has 1 saturated carbocycles. The number of ketones is 1. The zero-order chi connectivity index (χ0) is 42.6. The van der Waals surface area contributed by atoms with Crippen molar-refractivity contribution in [3.05, 3.63) is 75.3 Å². The Morgan fingerprint density at radius 2 is 1.62 bits per heavy atom. The first-order valence-electron chi connectivity index (χ1n) is 21.7. The number of hydrogen-bond acceptors (Lipinski definition) is 13. The van der Waals surface area contributed by atoms with E-state index in [1.807, 2.05) is 12.3 Å². The van der Waals surface area contributed by atoms with E-state index in [4.69, 9.17) is 9.72 Å². The number of benzene rings is 1. The summed E-state index contributed by atoms with van der Waals surface area (Å²) in [6.07, 6.45) is 13.9. The van der Waals surface area contributed by atoms with Crippen LogP contribution >= 0.6 is 0 Å². The molecule has 4 aliphatic rings. The summed E-state index contributed by atoms with van der Waals surface area (Å²) < 4.78 is 7.69. The van der Waals surface area contributed by atoms with E-state index in [0.717, 1.165) is 108 Å². The van der Waals surface area contributed by atoms with E-state index < -0.39 is 29.7 Å². The molecule has 16 nitrogen and oxygen atoms in total. The number of carbonyl (C=O) groups excluding carboxylic acids is 5. The third-order valence-electron chi connectivity index (χ3n) is 12.5. The molecule has 2 N–H and O–H groups in total. The summed E-state index contributed by atoms with van der Waals surface area (Å²) in [6.45, 7) is 8.52. The number of fused-ring (bicyclic) bond motifs is 2. The number of aryl methyl sites for hydroxylation is 1. The molecule has 0 bridgehead atoms. The number of ether oxygens (including phenoxy) is 1. The number of nitrogens with zero attached hydrogens (tertiary/aromatic N) is 7. The van der Waals surface area contributed by atoms with Crippen LogP contribution < -0.4 is 25.8 Å². The highest BCUT2D eigenvalue weighted by Gasteiger charge is 2.46. The number of imide groups is 2. The van der Waals surface area contributed by atoms with Gasteiger partial charge in [-0.25, -0.2) is 9.97 Å². The number of rotatable bonds is 16. The van der Waals surface area contributed by atoms with E-state index in [1.165, 1.54) is 6.92 Å². The first kappa shape index (κ1) is 41.7. The summed E-state index contributed by atoms with van der Waals surface area (Å²) in [6, 6.07) is 7.91. The quantitative estimate of drug-likeness (QED) is 0.0819. The Labute approximate surface area is 354 Å². The highest BCUT2D eigenvalue weighted by atomic mass is 16.5. The van der Waals surface area contributed by atoms with Gasteiger partial charge in [0.25, 0.3) is 17.4 Å². The number of unbranched alkanes of at least 4 members (excludes halogenated alkanes) is 5. The number of piperazine rings is 1. The fourth-order valence-corrected chi connectivity index (χ4v) is 9.23. The van der Waals surface area contributed by atoms with Crippen LogP contribution in [0.2, 0.25) is 0 Å². The SMILES string of the molecule is CC(=O)c1c(C)c2cnc(Nc3ccc(N4CCN(CCCCCCCCOc5cccc6c5C(=O)N(C5CCC(=O)NC5=O)C6=O)CC4)cn3)nc2n(C2CCCC2)c1=O. The Morgan fingerprint density at radius 1 is 0.869 bits per heavy atom. The monoisotopic (exact) mass is 831 g/mol. The highest BCUT2D eigenvalue weighted by Crippen LogP contribution is 2.35. The lowest BCUT2D eigenvalue weighted by Gasteiger charge is -2.36. The Balaban J connectivity index is 0.739. The third-order valence-corrected chi connectivity index (χ3v) is 12.5. The molecule has 61 heavy (non-hydrogen) atoms. The van der Waals surface area contributed by atoms with Gasteiger partial charge >= 0.3 is 0 Å². The molecule has 3 fully saturated rings. The van der Waals surface area contributed by atoms with Crippen molar-refractivity contribution in [2.24, 2.45) is 0 Å². The molecule has 16 heteroatoms. The topological polar surface area (TPSA) is 189 Å². The van der Waals surface area contributed by atoms with Gasteiger partial charge in [-0.3, -0.25) is 48.5 Å². The lowest BCUT2D eigenvalue weighted by atomic mass is 10.0. The van der Waals surface area contributed by atoms with Crippen LogP contribution in [0.3, 0.4) is 0 Å². The van der Waals surface area contributed by atoms with Crippen molar-refractivity contribution in [2.75, 3.05) is 49.5 Å². The van der Waals surface area contributed by atoms with Gasteiger partial charge < -0.3 is 15.0 Å². The highest BCUT2D eigenvalue weighted by molar-refractivity contribution is 6.24. The van der Waals surface area contributed by atoms with E-state index in [0.29, 0.717) is 40.7 Å². The van der Waals surface area contributed by atoms with Gasteiger partial charge in [0, 0.05) is 50.2 Å². The zero-order valence-electron chi connectivity index (χ0n) is 34.9. The minimum Gasteiger partial charge on any atom is -0.493 e. The fraction of sp³-hybridized carbons (Fsp3) is 0.489. The molecule has 1 atom stereocenters. The second kappa shape index (κ2) is 18.3. The smallest absolute Gasteiger partial charge is 0.266 e. The Hall–Kier alpha value is -6.03. The summed E-state index contributed by atoms with van der Waals surface area (Å²) in [7, 11) is 0. The van der Waals surface area contributed by atoms with Crippen molar-refractivity contribution in [3.8, 4) is 5.75 Å². The van der Waals surface area contributed by atoms with Crippen LogP contribution in [0.4, 0.5) is 17.5 Å². The van der Waals surface area contributed by atoms with Gasteiger partial charge in [0.1, 0.15) is 23.3 Å². The van der Waals surface area contributed by atoms with Gasteiger partial charge in [0.15, 0.2) is 5.78 Å². The van der Waals surface area contributed by atoms with Crippen LogP contribution in [0.25, 0.3) is 11.0 Å².